The smallest absolute Gasteiger partial charge is 0.328 e. The lowest BCUT2D eigenvalue weighted by Crippen LogP contribution is -2.36. The van der Waals surface area contributed by atoms with Crippen LogP contribution in [0.15, 0.2) is 72.8 Å². The van der Waals surface area contributed by atoms with E-state index in [1.807, 2.05) is 48.5 Å². The van der Waals surface area contributed by atoms with E-state index in [-0.39, 0.29) is 0 Å². The Morgan fingerprint density at radius 3 is 2.25 bits per heavy atom. The van der Waals surface area contributed by atoms with Crippen LogP contribution < -0.4 is 9.47 Å². The number of halogens is 1. The highest BCUT2D eigenvalue weighted by atomic mass is 35.5. The molecule has 0 unspecified atom stereocenters. The number of fused-ring (bicyclic) bond motifs is 2. The third-order valence-electron chi connectivity index (χ3n) is 5.83. The molecule has 2 aromatic heterocycles. The molecule has 158 valence electrons. The number of hydrogen-bond donors (Lipinski definition) is 1. The van der Waals surface area contributed by atoms with Gasteiger partial charge in [-0.05, 0) is 60.7 Å². The first kappa shape index (κ1) is 19.2. The van der Waals surface area contributed by atoms with Crippen LogP contribution in [0.3, 0.4) is 0 Å². The average Bonchev–Trinajstić information content (AvgIpc) is 3.22. The zero-order valence-corrected chi connectivity index (χ0v) is 18.1. The maximum atomic E-state index is 6.14. The minimum Gasteiger partial charge on any atom is -0.378 e. The molecule has 1 N–H and O–H groups in total. The second-order valence-corrected chi connectivity index (χ2v) is 8.25. The second kappa shape index (κ2) is 7.89. The number of aromatic amines is 1. The molecule has 5 aromatic rings. The highest BCUT2D eigenvalue weighted by molar-refractivity contribution is 6.30. The first-order chi connectivity index (χ1) is 15.8. The summed E-state index contributed by atoms with van der Waals surface area (Å²) in [6.07, 6.45) is 0. The highest BCUT2D eigenvalue weighted by Crippen LogP contribution is 2.24. The van der Waals surface area contributed by atoms with Crippen LogP contribution in [0.2, 0.25) is 5.02 Å². The van der Waals surface area contributed by atoms with E-state index in [2.05, 4.69) is 38.7 Å². The number of morpholine rings is 1. The van der Waals surface area contributed by atoms with Crippen molar-refractivity contribution >= 4 is 39.6 Å². The summed E-state index contributed by atoms with van der Waals surface area (Å²) in [5.74, 6) is 0.908. The van der Waals surface area contributed by atoms with Crippen LogP contribution in [-0.2, 0) is 4.74 Å². The van der Waals surface area contributed by atoms with Gasteiger partial charge in [-0.1, -0.05) is 28.7 Å². The third-order valence-corrected chi connectivity index (χ3v) is 6.08. The molecule has 1 aliphatic rings. The molecule has 3 heterocycles. The van der Waals surface area contributed by atoms with Crippen molar-refractivity contribution in [1.82, 2.24) is 15.0 Å². The zero-order valence-electron chi connectivity index (χ0n) is 17.3. The fourth-order valence-corrected chi connectivity index (χ4v) is 4.32. The maximum absolute atomic E-state index is 6.14. The number of benzene rings is 3. The molecule has 7 heteroatoms. The van der Waals surface area contributed by atoms with Crippen molar-refractivity contribution in [3.05, 3.63) is 77.8 Å². The predicted octanol–water partition coefficient (Wildman–Crippen LogP) is 4.54. The van der Waals surface area contributed by atoms with Gasteiger partial charge < -0.3 is 9.64 Å². The van der Waals surface area contributed by atoms with Crippen LogP contribution in [0, 0.1) is 0 Å². The van der Waals surface area contributed by atoms with Crippen LogP contribution in [0.5, 0.6) is 0 Å². The van der Waals surface area contributed by atoms with Gasteiger partial charge in [0.05, 0.1) is 13.2 Å². The van der Waals surface area contributed by atoms with Crippen LogP contribution in [0.1, 0.15) is 0 Å². The van der Waals surface area contributed by atoms with Crippen LogP contribution >= 0.6 is 11.6 Å². The van der Waals surface area contributed by atoms with Crippen molar-refractivity contribution in [3.63, 3.8) is 0 Å². The van der Waals surface area contributed by atoms with E-state index in [1.165, 1.54) is 5.69 Å². The topological polar surface area (TPSA) is 57.9 Å². The number of aromatic nitrogens is 4. The summed E-state index contributed by atoms with van der Waals surface area (Å²) in [5.41, 5.74) is 6.47. The minimum atomic E-state index is 0.702. The summed E-state index contributed by atoms with van der Waals surface area (Å²) in [6, 6.07) is 24.3. The molecule has 6 nitrogen and oxygen atoms in total. The van der Waals surface area contributed by atoms with Gasteiger partial charge >= 0.3 is 5.65 Å². The van der Waals surface area contributed by atoms with Crippen molar-refractivity contribution in [1.29, 1.82) is 0 Å². The van der Waals surface area contributed by atoms with Crippen molar-refractivity contribution in [3.8, 4) is 17.1 Å². The fraction of sp³-hybridized carbons (Fsp3) is 0.160. The monoisotopic (exact) mass is 442 g/mol. The van der Waals surface area contributed by atoms with E-state index >= 15 is 0 Å². The second-order valence-electron chi connectivity index (χ2n) is 7.82. The summed E-state index contributed by atoms with van der Waals surface area (Å²) in [5, 5.41) is 0.702. The lowest BCUT2D eigenvalue weighted by Gasteiger charge is -2.28. The van der Waals surface area contributed by atoms with Gasteiger partial charge in [0.2, 0.25) is 5.82 Å². The van der Waals surface area contributed by atoms with E-state index in [4.69, 9.17) is 26.3 Å². The highest BCUT2D eigenvalue weighted by Gasteiger charge is 2.24. The maximum Gasteiger partial charge on any atom is 0.328 e. The molecule has 0 radical (unpaired) electrons. The number of H-pyrrole nitrogens is 1. The van der Waals surface area contributed by atoms with Gasteiger partial charge in [0, 0.05) is 29.4 Å². The Morgan fingerprint density at radius 2 is 1.53 bits per heavy atom. The number of anilines is 1. The average molecular weight is 443 g/mol. The lowest BCUT2D eigenvalue weighted by molar-refractivity contribution is -0.556. The Hall–Kier alpha value is -3.48. The molecule has 0 atom stereocenters. The molecular weight excluding hydrogens is 422 g/mol. The zero-order chi connectivity index (χ0) is 21.5. The summed E-state index contributed by atoms with van der Waals surface area (Å²) in [6.45, 7) is 3.35. The first-order valence-electron chi connectivity index (χ1n) is 10.7. The number of hydrogen-bond acceptors (Lipinski definition) is 4. The van der Waals surface area contributed by atoms with E-state index in [1.54, 1.807) is 0 Å². The van der Waals surface area contributed by atoms with Gasteiger partial charge in [-0.2, -0.15) is 4.57 Å². The number of rotatable bonds is 3. The van der Waals surface area contributed by atoms with E-state index in [0.29, 0.717) is 5.02 Å². The summed E-state index contributed by atoms with van der Waals surface area (Å²) in [4.78, 5) is 15.6. The van der Waals surface area contributed by atoms with Gasteiger partial charge in [-0.3, -0.25) is 4.98 Å². The lowest BCUT2D eigenvalue weighted by atomic mass is 10.2. The molecule has 0 saturated carbocycles. The normalized spacial score (nSPS) is 14.3. The SMILES string of the molecule is Clc1ccc(-c2[nH]c3nc4ccccc4nc3[n+]2-c2ccc(N3CCOCC3)cc2)cc1. The Kier molecular flexibility index (Phi) is 4.74. The van der Waals surface area contributed by atoms with Crippen LogP contribution in [0.4, 0.5) is 5.69 Å². The van der Waals surface area contributed by atoms with Gasteiger partial charge in [-0.25, -0.2) is 4.98 Å². The number of imidazole rings is 1. The minimum absolute atomic E-state index is 0.702. The quantitative estimate of drug-likeness (QED) is 0.417. The van der Waals surface area contributed by atoms with Crippen molar-refractivity contribution in [2.75, 3.05) is 31.2 Å². The molecule has 0 amide bonds. The van der Waals surface area contributed by atoms with Gasteiger partial charge in [-0.15, -0.1) is 0 Å². The van der Waals surface area contributed by atoms with Gasteiger partial charge in [0.25, 0.3) is 5.65 Å². The summed E-state index contributed by atoms with van der Waals surface area (Å²) in [7, 11) is 0. The number of para-hydroxylation sites is 2. The molecule has 32 heavy (non-hydrogen) atoms. The van der Waals surface area contributed by atoms with Crippen molar-refractivity contribution in [2.45, 2.75) is 0 Å². The summed E-state index contributed by atoms with van der Waals surface area (Å²) < 4.78 is 7.61. The Bertz CT molecular complexity index is 1410. The van der Waals surface area contributed by atoms with Crippen LogP contribution in [-0.4, -0.2) is 41.3 Å². The van der Waals surface area contributed by atoms with E-state index in [0.717, 1.165) is 65.7 Å². The Labute approximate surface area is 190 Å². The molecule has 1 saturated heterocycles. The molecule has 6 rings (SSSR count). The molecule has 0 spiro atoms. The predicted molar refractivity (Wildman–Crippen MR) is 126 cm³/mol. The number of ether oxygens (including phenoxy) is 1. The van der Waals surface area contributed by atoms with Crippen molar-refractivity contribution in [2.24, 2.45) is 0 Å². The van der Waals surface area contributed by atoms with Gasteiger partial charge in [0.1, 0.15) is 11.2 Å². The number of nitrogens with zero attached hydrogens (tertiary/aromatic N) is 4. The molecule has 0 bridgehead atoms. The van der Waals surface area contributed by atoms with E-state index < -0.39 is 0 Å². The van der Waals surface area contributed by atoms with Gasteiger partial charge in [0.15, 0.2) is 5.52 Å². The molecular formula is C25H21ClN5O+. The van der Waals surface area contributed by atoms with Crippen LogP contribution in [0.25, 0.3) is 39.4 Å². The summed E-state index contributed by atoms with van der Waals surface area (Å²) >= 11 is 6.14. The Morgan fingerprint density at radius 1 is 0.844 bits per heavy atom. The third kappa shape index (κ3) is 3.38. The van der Waals surface area contributed by atoms with E-state index in [9.17, 15) is 0 Å². The number of nitrogens with one attached hydrogen (secondary N) is 1. The molecule has 3 aromatic carbocycles. The molecule has 1 aliphatic heterocycles. The van der Waals surface area contributed by atoms with Crippen molar-refractivity contribution < 1.29 is 9.30 Å². The first-order valence-corrected chi connectivity index (χ1v) is 11.0. The largest absolute Gasteiger partial charge is 0.378 e. The standard InChI is InChI=1S/C25H20ClN5O/c26-18-7-5-17(6-8-18)24-29-23-25(28-22-4-2-1-3-21(22)27-23)31(24)20-11-9-19(10-12-20)30-13-15-32-16-14-30/h1-12H,13-16H2/p+1. The molecule has 0 aliphatic carbocycles. The fourth-order valence-electron chi connectivity index (χ4n) is 4.20. The Balaban J connectivity index is 1.53. The molecule has 1 fully saturated rings.